The third kappa shape index (κ3) is 2.71. The Hall–Kier alpha value is -0.580. The number of nitrogens with zero attached hydrogens (tertiary/aromatic N) is 1. The second kappa shape index (κ2) is 4.96. The molecule has 1 aromatic heterocycles. The number of fused-ring (bicyclic) bond motifs is 1. The van der Waals surface area contributed by atoms with Crippen molar-refractivity contribution in [3.8, 4) is 0 Å². The Morgan fingerprint density at radius 3 is 3.07 bits per heavy atom. The Morgan fingerprint density at radius 1 is 1.40 bits per heavy atom. The molecular formula is C11H15NO2S. The topological polar surface area (TPSA) is 53.4 Å². The molecule has 0 spiro atoms. The van der Waals surface area contributed by atoms with Crippen LogP contribution in [0.3, 0.4) is 0 Å². The highest BCUT2D eigenvalue weighted by atomic mass is 32.2. The maximum atomic E-state index is 9.21. The van der Waals surface area contributed by atoms with Crippen LogP contribution in [0.15, 0.2) is 17.2 Å². The second-order valence-electron chi connectivity index (χ2n) is 3.76. The summed E-state index contributed by atoms with van der Waals surface area (Å²) < 4.78 is 0. The van der Waals surface area contributed by atoms with Gasteiger partial charge in [0.05, 0.1) is 17.7 Å². The summed E-state index contributed by atoms with van der Waals surface area (Å²) in [4.78, 5) is 4.53. The zero-order valence-corrected chi connectivity index (χ0v) is 9.33. The molecule has 1 heterocycles. The molecule has 1 unspecified atom stereocenters. The van der Waals surface area contributed by atoms with E-state index in [1.54, 1.807) is 0 Å². The van der Waals surface area contributed by atoms with Crippen LogP contribution >= 0.6 is 11.8 Å². The third-order valence-electron chi connectivity index (χ3n) is 2.54. The molecule has 0 aromatic carbocycles. The second-order valence-corrected chi connectivity index (χ2v) is 4.80. The summed E-state index contributed by atoms with van der Waals surface area (Å²) in [7, 11) is 0. The largest absolute Gasteiger partial charge is 0.394 e. The fourth-order valence-electron chi connectivity index (χ4n) is 1.72. The van der Waals surface area contributed by atoms with Gasteiger partial charge < -0.3 is 10.2 Å². The van der Waals surface area contributed by atoms with Gasteiger partial charge in [0.1, 0.15) is 0 Å². The molecular weight excluding hydrogens is 210 g/mol. The van der Waals surface area contributed by atoms with Gasteiger partial charge in [0.2, 0.25) is 0 Å². The number of aliphatic hydroxyl groups excluding tert-OH is 2. The molecule has 0 saturated carbocycles. The predicted molar refractivity (Wildman–Crippen MR) is 60.1 cm³/mol. The zero-order valence-electron chi connectivity index (χ0n) is 8.52. The van der Waals surface area contributed by atoms with E-state index in [2.05, 4.69) is 11.1 Å². The van der Waals surface area contributed by atoms with Crippen molar-refractivity contribution in [3.63, 3.8) is 0 Å². The van der Waals surface area contributed by atoms with E-state index in [-0.39, 0.29) is 6.61 Å². The van der Waals surface area contributed by atoms with Crippen LogP contribution in [0.25, 0.3) is 0 Å². The van der Waals surface area contributed by atoms with Gasteiger partial charge in [0.15, 0.2) is 0 Å². The molecule has 1 aliphatic rings. The van der Waals surface area contributed by atoms with Gasteiger partial charge >= 0.3 is 0 Å². The summed E-state index contributed by atoms with van der Waals surface area (Å²) in [6.07, 6.45) is 2.78. The zero-order chi connectivity index (χ0) is 10.7. The summed E-state index contributed by atoms with van der Waals surface area (Å²) in [6, 6.07) is 4.13. The summed E-state index contributed by atoms with van der Waals surface area (Å²) in [5.41, 5.74) is 2.57. The summed E-state index contributed by atoms with van der Waals surface area (Å²) in [6.45, 7) is -0.183. The number of aliphatic hydroxyl groups is 2. The van der Waals surface area contributed by atoms with Gasteiger partial charge in [-0.25, -0.2) is 4.98 Å². The van der Waals surface area contributed by atoms with E-state index < -0.39 is 6.10 Å². The van der Waals surface area contributed by atoms with Gasteiger partial charge in [-0.15, -0.1) is 11.8 Å². The highest BCUT2D eigenvalue weighted by Crippen LogP contribution is 2.24. The molecule has 15 heavy (non-hydrogen) atoms. The first-order valence-electron chi connectivity index (χ1n) is 5.20. The van der Waals surface area contributed by atoms with Crippen LogP contribution in [0.2, 0.25) is 0 Å². The summed E-state index contributed by atoms with van der Waals surface area (Å²) in [5, 5.41) is 18.8. The van der Waals surface area contributed by atoms with Crippen LogP contribution < -0.4 is 0 Å². The normalized spacial score (nSPS) is 16.4. The van der Waals surface area contributed by atoms with E-state index >= 15 is 0 Å². The lowest BCUT2D eigenvalue weighted by molar-refractivity contribution is 0.113. The van der Waals surface area contributed by atoms with Gasteiger partial charge in [-0.1, -0.05) is 6.07 Å². The lowest BCUT2D eigenvalue weighted by atomic mass is 10.2. The molecule has 1 atom stereocenters. The van der Waals surface area contributed by atoms with Crippen LogP contribution in [0.1, 0.15) is 17.7 Å². The van der Waals surface area contributed by atoms with E-state index in [4.69, 9.17) is 5.11 Å². The van der Waals surface area contributed by atoms with Crippen LogP contribution in [0.5, 0.6) is 0 Å². The minimum Gasteiger partial charge on any atom is -0.394 e. The van der Waals surface area contributed by atoms with Gasteiger partial charge in [0.25, 0.3) is 0 Å². The van der Waals surface area contributed by atoms with Crippen molar-refractivity contribution in [2.75, 3.05) is 12.4 Å². The molecule has 2 rings (SSSR count). The van der Waals surface area contributed by atoms with Gasteiger partial charge in [0, 0.05) is 11.4 Å². The van der Waals surface area contributed by atoms with Crippen molar-refractivity contribution < 1.29 is 10.2 Å². The first kappa shape index (κ1) is 10.9. The van der Waals surface area contributed by atoms with Gasteiger partial charge in [-0.3, -0.25) is 0 Å². The lowest BCUT2D eigenvalue weighted by Gasteiger charge is -2.07. The fraction of sp³-hybridized carbons (Fsp3) is 0.545. The molecule has 0 amide bonds. The van der Waals surface area contributed by atoms with E-state index in [1.165, 1.54) is 29.4 Å². The smallest absolute Gasteiger partial charge is 0.0964 e. The molecule has 0 aliphatic heterocycles. The minimum atomic E-state index is -0.648. The van der Waals surface area contributed by atoms with E-state index in [0.717, 1.165) is 17.9 Å². The standard InChI is InChI=1S/C11H15NO2S/c13-6-9(14)7-15-11-5-4-8-2-1-3-10(8)12-11/h4-5,9,13-14H,1-3,6-7H2. The van der Waals surface area contributed by atoms with Crippen LogP contribution in [-0.2, 0) is 12.8 Å². The number of aromatic nitrogens is 1. The number of thioether (sulfide) groups is 1. The number of hydrogen-bond acceptors (Lipinski definition) is 4. The Balaban J connectivity index is 1.98. The van der Waals surface area contributed by atoms with E-state index in [0.29, 0.717) is 5.75 Å². The van der Waals surface area contributed by atoms with Crippen molar-refractivity contribution in [3.05, 3.63) is 23.4 Å². The van der Waals surface area contributed by atoms with Crippen molar-refractivity contribution in [2.24, 2.45) is 0 Å². The Morgan fingerprint density at radius 2 is 2.27 bits per heavy atom. The highest BCUT2D eigenvalue weighted by molar-refractivity contribution is 7.99. The van der Waals surface area contributed by atoms with Gasteiger partial charge in [-0.2, -0.15) is 0 Å². The number of hydrogen-bond donors (Lipinski definition) is 2. The van der Waals surface area contributed by atoms with Crippen LogP contribution in [0.4, 0.5) is 0 Å². The minimum absolute atomic E-state index is 0.183. The molecule has 2 N–H and O–H groups in total. The van der Waals surface area contributed by atoms with Crippen LogP contribution in [0, 0.1) is 0 Å². The third-order valence-corrected chi connectivity index (χ3v) is 3.61. The molecule has 0 fully saturated rings. The van der Waals surface area contributed by atoms with Gasteiger partial charge in [-0.05, 0) is 30.9 Å². The maximum absolute atomic E-state index is 9.21. The first-order valence-corrected chi connectivity index (χ1v) is 6.18. The van der Waals surface area contributed by atoms with Crippen molar-refractivity contribution in [2.45, 2.75) is 30.4 Å². The van der Waals surface area contributed by atoms with E-state index in [9.17, 15) is 5.11 Å². The summed E-state index contributed by atoms with van der Waals surface area (Å²) in [5.74, 6) is 0.502. The summed E-state index contributed by atoms with van der Waals surface area (Å²) >= 11 is 1.50. The molecule has 0 radical (unpaired) electrons. The predicted octanol–water partition coefficient (Wildman–Crippen LogP) is 1.02. The molecule has 1 aliphatic carbocycles. The monoisotopic (exact) mass is 225 g/mol. The average Bonchev–Trinajstić information content (AvgIpc) is 2.72. The van der Waals surface area contributed by atoms with Crippen LogP contribution in [-0.4, -0.2) is 33.7 Å². The molecule has 3 nitrogen and oxygen atoms in total. The quantitative estimate of drug-likeness (QED) is 0.751. The fourth-order valence-corrected chi connectivity index (χ4v) is 2.52. The Kier molecular flexibility index (Phi) is 3.61. The van der Waals surface area contributed by atoms with E-state index in [1.807, 2.05) is 6.07 Å². The molecule has 1 aromatic rings. The highest BCUT2D eigenvalue weighted by Gasteiger charge is 2.13. The molecule has 0 saturated heterocycles. The van der Waals surface area contributed by atoms with Crippen molar-refractivity contribution >= 4 is 11.8 Å². The number of aryl methyl sites for hydroxylation is 2. The molecule has 82 valence electrons. The number of pyridine rings is 1. The molecule has 4 heteroatoms. The first-order chi connectivity index (χ1) is 7.29. The van der Waals surface area contributed by atoms with Crippen molar-refractivity contribution in [1.29, 1.82) is 0 Å². The maximum Gasteiger partial charge on any atom is 0.0964 e. The average molecular weight is 225 g/mol. The SMILES string of the molecule is OCC(O)CSc1ccc2c(n1)CCC2. The van der Waals surface area contributed by atoms with Crippen molar-refractivity contribution in [1.82, 2.24) is 4.98 Å². The molecule has 0 bridgehead atoms. The Bertz CT molecular complexity index is 343. The Labute approximate surface area is 93.5 Å². The lowest BCUT2D eigenvalue weighted by Crippen LogP contribution is -2.14. The number of rotatable bonds is 4.